The molecule has 0 radical (unpaired) electrons. The zero-order valence-corrected chi connectivity index (χ0v) is 14.7. The van der Waals surface area contributed by atoms with Crippen molar-refractivity contribution in [2.24, 2.45) is 0 Å². The Morgan fingerprint density at radius 2 is 2.00 bits per heavy atom. The molecule has 0 bridgehead atoms. The molecule has 0 N–H and O–H groups in total. The molecule has 0 aromatic carbocycles. The Bertz CT molecular complexity index is 517. The van der Waals surface area contributed by atoms with E-state index in [0.717, 1.165) is 0 Å². The third kappa shape index (κ3) is 4.65. The van der Waals surface area contributed by atoms with Gasteiger partial charge in [-0.15, -0.1) is 0 Å². The fourth-order valence-electron chi connectivity index (χ4n) is 1.34. The van der Waals surface area contributed by atoms with Gasteiger partial charge in [-0.3, -0.25) is 10.1 Å². The van der Waals surface area contributed by atoms with Gasteiger partial charge in [-0.05, 0) is 24.2 Å². The van der Waals surface area contributed by atoms with Gasteiger partial charge >= 0.3 is 5.69 Å². The lowest BCUT2D eigenvalue weighted by atomic mass is 10.2. The van der Waals surface area contributed by atoms with Gasteiger partial charge < -0.3 is 9.16 Å². The van der Waals surface area contributed by atoms with Gasteiger partial charge in [0, 0.05) is 6.20 Å². The number of nitro groups is 1. The maximum atomic E-state index is 10.9. The monoisotopic (exact) mass is 332 g/mol. The molecule has 0 atom stereocenters. The molecule has 8 heteroatoms. The standard InChI is InChI=1S/C13H21ClN2O4Si/c1-13(2,3)21(4,5)20-9-8-19-12-11(16(17)18)10(14)6-7-15-12/h6-7H,8-9H2,1-5H3. The van der Waals surface area contributed by atoms with Crippen molar-refractivity contribution in [1.29, 1.82) is 0 Å². The van der Waals surface area contributed by atoms with Gasteiger partial charge in [0.05, 0.1) is 11.5 Å². The minimum absolute atomic E-state index is 0.00955. The van der Waals surface area contributed by atoms with E-state index >= 15 is 0 Å². The molecule has 118 valence electrons. The number of hydrogen-bond acceptors (Lipinski definition) is 5. The molecule has 0 spiro atoms. The second-order valence-corrected chi connectivity index (χ2v) is 11.4. The van der Waals surface area contributed by atoms with Gasteiger partial charge in [-0.25, -0.2) is 4.98 Å². The van der Waals surface area contributed by atoms with E-state index in [9.17, 15) is 10.1 Å². The first-order valence-corrected chi connectivity index (χ1v) is 9.90. The van der Waals surface area contributed by atoms with Crippen LogP contribution in [0.3, 0.4) is 0 Å². The van der Waals surface area contributed by atoms with Crippen molar-refractivity contribution in [1.82, 2.24) is 4.98 Å². The van der Waals surface area contributed by atoms with E-state index < -0.39 is 13.2 Å². The molecule has 1 rings (SSSR count). The molecule has 1 heterocycles. The molecule has 0 fully saturated rings. The minimum Gasteiger partial charge on any atom is -0.470 e. The number of ether oxygens (including phenoxy) is 1. The first kappa shape index (κ1) is 17.9. The summed E-state index contributed by atoms with van der Waals surface area (Å²) in [6.07, 6.45) is 1.37. The van der Waals surface area contributed by atoms with Gasteiger partial charge in [0.15, 0.2) is 8.32 Å². The van der Waals surface area contributed by atoms with Gasteiger partial charge in [0.2, 0.25) is 0 Å². The molecule has 6 nitrogen and oxygen atoms in total. The molecule has 0 saturated heterocycles. The molecule has 0 aliphatic carbocycles. The maximum Gasteiger partial charge on any atom is 0.349 e. The lowest BCUT2D eigenvalue weighted by Gasteiger charge is -2.36. The van der Waals surface area contributed by atoms with E-state index in [1.807, 2.05) is 0 Å². The van der Waals surface area contributed by atoms with Crippen molar-refractivity contribution >= 4 is 25.6 Å². The lowest BCUT2D eigenvalue weighted by molar-refractivity contribution is -0.386. The largest absolute Gasteiger partial charge is 0.470 e. The van der Waals surface area contributed by atoms with Crippen LogP contribution in [-0.2, 0) is 4.43 Å². The lowest BCUT2D eigenvalue weighted by Crippen LogP contribution is -2.41. The van der Waals surface area contributed by atoms with Crippen LogP contribution in [0.2, 0.25) is 23.2 Å². The maximum absolute atomic E-state index is 10.9. The zero-order valence-electron chi connectivity index (χ0n) is 13.0. The van der Waals surface area contributed by atoms with E-state index in [2.05, 4.69) is 38.8 Å². The van der Waals surface area contributed by atoms with Crippen LogP contribution in [0.1, 0.15) is 20.8 Å². The summed E-state index contributed by atoms with van der Waals surface area (Å²) in [6.45, 7) is 11.2. The molecule has 0 aliphatic heterocycles. The molecule has 0 aliphatic rings. The van der Waals surface area contributed by atoms with E-state index in [4.69, 9.17) is 20.8 Å². The van der Waals surface area contributed by atoms with Crippen LogP contribution < -0.4 is 4.74 Å². The van der Waals surface area contributed by atoms with Gasteiger partial charge in [-0.2, -0.15) is 0 Å². The highest BCUT2D eigenvalue weighted by atomic mass is 35.5. The van der Waals surface area contributed by atoms with Crippen molar-refractivity contribution in [2.45, 2.75) is 38.9 Å². The van der Waals surface area contributed by atoms with Gasteiger partial charge in [0.25, 0.3) is 5.88 Å². The van der Waals surface area contributed by atoms with E-state index in [-0.39, 0.29) is 28.2 Å². The zero-order chi connectivity index (χ0) is 16.3. The van der Waals surface area contributed by atoms with Crippen molar-refractivity contribution in [3.05, 3.63) is 27.4 Å². The number of nitrogens with zero attached hydrogens (tertiary/aromatic N) is 2. The van der Waals surface area contributed by atoms with Crippen LogP contribution in [0, 0.1) is 10.1 Å². The predicted molar refractivity (Wildman–Crippen MR) is 84.5 cm³/mol. The summed E-state index contributed by atoms with van der Waals surface area (Å²) in [5.41, 5.74) is -0.313. The van der Waals surface area contributed by atoms with Gasteiger partial charge in [-0.1, -0.05) is 32.4 Å². The quantitative estimate of drug-likeness (QED) is 0.340. The summed E-state index contributed by atoms with van der Waals surface area (Å²) in [5.74, 6) is -0.0775. The fraction of sp³-hybridized carbons (Fsp3) is 0.615. The Morgan fingerprint density at radius 1 is 1.38 bits per heavy atom. The number of pyridine rings is 1. The first-order valence-electron chi connectivity index (χ1n) is 6.62. The number of aromatic nitrogens is 1. The number of hydrogen-bond donors (Lipinski definition) is 0. The van der Waals surface area contributed by atoms with Gasteiger partial charge in [0.1, 0.15) is 11.6 Å². The smallest absolute Gasteiger partial charge is 0.349 e. The summed E-state index contributed by atoms with van der Waals surface area (Å²) in [7, 11) is -1.85. The Kier molecular flexibility index (Phi) is 5.72. The summed E-state index contributed by atoms with van der Waals surface area (Å²) < 4.78 is 11.3. The third-order valence-electron chi connectivity index (χ3n) is 3.62. The summed E-state index contributed by atoms with van der Waals surface area (Å²) in [6, 6.07) is 1.36. The molecule has 1 aromatic heterocycles. The number of halogens is 1. The van der Waals surface area contributed by atoms with Crippen molar-refractivity contribution < 1.29 is 14.1 Å². The highest BCUT2D eigenvalue weighted by molar-refractivity contribution is 6.74. The summed E-state index contributed by atoms with van der Waals surface area (Å²) in [5, 5.41) is 11.1. The highest BCUT2D eigenvalue weighted by Crippen LogP contribution is 2.36. The van der Waals surface area contributed by atoms with E-state index in [0.29, 0.717) is 6.61 Å². The van der Waals surface area contributed by atoms with Crippen molar-refractivity contribution in [3.63, 3.8) is 0 Å². The second-order valence-electron chi connectivity index (χ2n) is 6.16. The van der Waals surface area contributed by atoms with Crippen LogP contribution in [0.15, 0.2) is 12.3 Å². The van der Waals surface area contributed by atoms with Crippen LogP contribution in [0.25, 0.3) is 0 Å². The molecular weight excluding hydrogens is 312 g/mol. The molecule has 0 amide bonds. The molecule has 1 aromatic rings. The van der Waals surface area contributed by atoms with Crippen molar-refractivity contribution in [3.8, 4) is 5.88 Å². The third-order valence-corrected chi connectivity index (χ3v) is 8.46. The summed E-state index contributed by atoms with van der Waals surface area (Å²) >= 11 is 5.78. The number of rotatable bonds is 6. The Hall–Kier alpha value is -1.18. The SMILES string of the molecule is CC(C)(C)[Si](C)(C)OCCOc1nccc(Cl)c1[N+](=O)[O-]. The predicted octanol–water partition coefficient (Wildman–Crippen LogP) is 4.04. The Labute approximate surface area is 130 Å². The van der Waals surface area contributed by atoms with E-state index in [1.165, 1.54) is 12.3 Å². The average molecular weight is 333 g/mol. The van der Waals surface area contributed by atoms with Crippen LogP contribution >= 0.6 is 11.6 Å². The highest BCUT2D eigenvalue weighted by Gasteiger charge is 2.37. The van der Waals surface area contributed by atoms with Crippen LogP contribution in [-0.4, -0.2) is 31.4 Å². The average Bonchev–Trinajstić information content (AvgIpc) is 2.32. The fourth-order valence-corrected chi connectivity index (χ4v) is 2.57. The van der Waals surface area contributed by atoms with E-state index in [1.54, 1.807) is 0 Å². The topological polar surface area (TPSA) is 74.5 Å². The van der Waals surface area contributed by atoms with Crippen LogP contribution in [0.5, 0.6) is 5.88 Å². The van der Waals surface area contributed by atoms with Crippen LogP contribution in [0.4, 0.5) is 5.69 Å². The van der Waals surface area contributed by atoms with Crippen molar-refractivity contribution in [2.75, 3.05) is 13.2 Å². The first-order chi connectivity index (χ1) is 9.56. The minimum atomic E-state index is -1.85. The Morgan fingerprint density at radius 3 is 2.52 bits per heavy atom. The molecular formula is C13H21ClN2O4Si. The molecule has 0 saturated carbocycles. The Balaban J connectivity index is 2.62. The summed E-state index contributed by atoms with van der Waals surface area (Å²) in [4.78, 5) is 14.2. The normalized spacial score (nSPS) is 12.3. The second kappa shape index (κ2) is 6.72. The molecule has 0 unspecified atom stereocenters. The molecule has 21 heavy (non-hydrogen) atoms.